The molecule has 3 heterocycles. The van der Waals surface area contributed by atoms with Crippen molar-refractivity contribution < 1.29 is 24.5 Å². The van der Waals surface area contributed by atoms with Crippen LogP contribution in [-0.2, 0) is 27.5 Å². The molecule has 0 bridgehead atoms. The highest BCUT2D eigenvalue weighted by molar-refractivity contribution is 6.36. The van der Waals surface area contributed by atoms with Gasteiger partial charge in [-0.2, -0.15) is 0 Å². The number of para-hydroxylation sites is 1. The van der Waals surface area contributed by atoms with Gasteiger partial charge in [-0.25, -0.2) is 0 Å². The predicted molar refractivity (Wildman–Crippen MR) is 106 cm³/mol. The summed E-state index contributed by atoms with van der Waals surface area (Å²) in [6.07, 6.45) is -0.375. The molecule has 3 N–H and O–H groups in total. The maximum absolute atomic E-state index is 12.5. The van der Waals surface area contributed by atoms with Crippen LogP contribution < -0.4 is 5.32 Å². The highest BCUT2D eigenvalue weighted by atomic mass is 16.5. The second-order valence-electron chi connectivity index (χ2n) is 7.66. The molecule has 5 rings (SSSR count). The smallest absolute Gasteiger partial charge is 0.321 e. The van der Waals surface area contributed by atoms with Crippen molar-refractivity contribution in [2.75, 3.05) is 11.9 Å². The Morgan fingerprint density at radius 1 is 1.21 bits per heavy atom. The number of nitrogens with zero attached hydrogens (tertiary/aromatic N) is 1. The molecule has 29 heavy (non-hydrogen) atoms. The number of benzene rings is 2. The normalized spacial score (nSPS) is 25.5. The summed E-state index contributed by atoms with van der Waals surface area (Å²) in [6, 6.07) is 12.7. The first-order chi connectivity index (χ1) is 14.0. The molecule has 2 aromatic carbocycles. The lowest BCUT2D eigenvalue weighted by Crippen LogP contribution is -2.35. The number of hydrogen-bond donors (Lipinski definition) is 3. The van der Waals surface area contributed by atoms with Crippen LogP contribution in [0.1, 0.15) is 28.7 Å². The van der Waals surface area contributed by atoms with Gasteiger partial charge in [0.2, 0.25) is 0 Å². The molecule has 1 amide bonds. The number of ether oxygens (including phenoxy) is 1. The van der Waals surface area contributed by atoms with Crippen molar-refractivity contribution in [1.82, 2.24) is 4.90 Å². The fourth-order valence-electron chi connectivity index (χ4n) is 4.41. The number of anilines is 1. The molecule has 2 unspecified atom stereocenters. The van der Waals surface area contributed by atoms with E-state index >= 15 is 0 Å². The third-order valence-corrected chi connectivity index (χ3v) is 5.74. The van der Waals surface area contributed by atoms with Crippen LogP contribution in [0, 0.1) is 0 Å². The second-order valence-corrected chi connectivity index (χ2v) is 7.66. The van der Waals surface area contributed by atoms with Gasteiger partial charge in [-0.15, -0.1) is 0 Å². The Morgan fingerprint density at radius 3 is 2.86 bits per heavy atom. The number of aliphatic hydroxyl groups is 1. The maximum atomic E-state index is 12.5. The number of aliphatic carboxylic acids is 1. The van der Waals surface area contributed by atoms with Crippen LogP contribution in [0.15, 0.2) is 42.5 Å². The molecule has 0 radical (unpaired) electrons. The maximum Gasteiger partial charge on any atom is 0.321 e. The van der Waals surface area contributed by atoms with Gasteiger partial charge in [0.15, 0.2) is 0 Å². The number of likely N-dealkylation sites (tertiary alicyclic amines) is 1. The highest BCUT2D eigenvalue weighted by Crippen LogP contribution is 2.41. The Morgan fingerprint density at radius 2 is 2.03 bits per heavy atom. The molecule has 1 fully saturated rings. The Hall–Kier alpha value is -3.16. The standard InChI is InChI=1S/C22H20N2O5/c25-14-8-18(22(27)28)24(10-14)9-12-5-6-15-13(7-12)11-29-20(15)19-16-3-1-2-4-17(16)23-21(19)26/h1-7,14,18,25H,8-11H2,(H,23,26)(H,27,28). The molecule has 0 aliphatic carbocycles. The topological polar surface area (TPSA) is 99.1 Å². The molecule has 1 saturated heterocycles. The number of nitrogens with one attached hydrogen (secondary N) is 1. The number of aliphatic hydroxyl groups excluding tert-OH is 1. The van der Waals surface area contributed by atoms with Crippen molar-refractivity contribution in [3.05, 3.63) is 64.7 Å². The van der Waals surface area contributed by atoms with Gasteiger partial charge in [-0.05, 0) is 11.6 Å². The number of carboxylic acid groups (broad SMARTS) is 1. The van der Waals surface area contributed by atoms with Gasteiger partial charge < -0.3 is 20.3 Å². The summed E-state index contributed by atoms with van der Waals surface area (Å²) in [5.74, 6) is -0.508. The van der Waals surface area contributed by atoms with Crippen LogP contribution in [0.25, 0.3) is 11.3 Å². The van der Waals surface area contributed by atoms with E-state index in [1.807, 2.05) is 42.5 Å². The molecule has 0 spiro atoms. The van der Waals surface area contributed by atoms with Crippen LogP contribution in [0.2, 0.25) is 0 Å². The van der Waals surface area contributed by atoms with E-state index in [2.05, 4.69) is 5.32 Å². The fraction of sp³-hybridized carbons (Fsp3) is 0.273. The Bertz CT molecular complexity index is 1060. The Kier molecular flexibility index (Phi) is 4.15. The number of carbonyl (C=O) groups excluding carboxylic acids is 1. The van der Waals surface area contributed by atoms with E-state index in [-0.39, 0.29) is 12.3 Å². The van der Waals surface area contributed by atoms with Crippen LogP contribution in [0.5, 0.6) is 0 Å². The third kappa shape index (κ3) is 2.99. The summed E-state index contributed by atoms with van der Waals surface area (Å²) in [5, 5.41) is 22.1. The highest BCUT2D eigenvalue weighted by Gasteiger charge is 2.36. The van der Waals surface area contributed by atoms with Gasteiger partial charge >= 0.3 is 5.97 Å². The van der Waals surface area contributed by atoms with Crippen molar-refractivity contribution in [2.45, 2.75) is 31.7 Å². The first-order valence-electron chi connectivity index (χ1n) is 9.56. The Balaban J connectivity index is 1.46. The second kappa shape index (κ2) is 6.72. The van der Waals surface area contributed by atoms with Crippen LogP contribution >= 0.6 is 0 Å². The number of carbonyl (C=O) groups is 2. The van der Waals surface area contributed by atoms with Crippen molar-refractivity contribution in [3.63, 3.8) is 0 Å². The summed E-state index contributed by atoms with van der Waals surface area (Å²) < 4.78 is 5.91. The molecule has 0 saturated carbocycles. The summed E-state index contributed by atoms with van der Waals surface area (Å²) in [7, 11) is 0. The minimum absolute atomic E-state index is 0.173. The molecule has 3 aliphatic heterocycles. The van der Waals surface area contributed by atoms with Crippen LogP contribution in [0.3, 0.4) is 0 Å². The number of carboxylic acids is 1. The molecular formula is C22H20N2O5. The van der Waals surface area contributed by atoms with Crippen LogP contribution in [0.4, 0.5) is 5.69 Å². The van der Waals surface area contributed by atoms with Gasteiger partial charge in [0.05, 0.1) is 11.7 Å². The quantitative estimate of drug-likeness (QED) is 0.692. The molecule has 7 nitrogen and oxygen atoms in total. The van der Waals surface area contributed by atoms with E-state index < -0.39 is 18.1 Å². The number of amides is 1. The first kappa shape index (κ1) is 17.9. The van der Waals surface area contributed by atoms with Gasteiger partial charge in [-0.1, -0.05) is 36.4 Å². The summed E-state index contributed by atoms with van der Waals surface area (Å²) in [5.41, 5.74) is 4.96. The van der Waals surface area contributed by atoms with Gasteiger partial charge in [-0.3, -0.25) is 14.5 Å². The lowest BCUT2D eigenvalue weighted by Gasteiger charge is -2.21. The van der Waals surface area contributed by atoms with Gasteiger partial charge in [0.1, 0.15) is 18.4 Å². The minimum Gasteiger partial charge on any atom is -0.487 e. The molecule has 2 aromatic rings. The van der Waals surface area contributed by atoms with Crippen molar-refractivity contribution in [2.24, 2.45) is 0 Å². The number of fused-ring (bicyclic) bond motifs is 2. The van der Waals surface area contributed by atoms with Gasteiger partial charge in [0, 0.05) is 41.9 Å². The average molecular weight is 392 g/mol. The van der Waals surface area contributed by atoms with E-state index in [4.69, 9.17) is 4.74 Å². The first-order valence-corrected chi connectivity index (χ1v) is 9.56. The monoisotopic (exact) mass is 392 g/mol. The zero-order valence-electron chi connectivity index (χ0n) is 15.6. The fourth-order valence-corrected chi connectivity index (χ4v) is 4.41. The molecule has 0 aromatic heterocycles. The average Bonchev–Trinajstić information content (AvgIpc) is 3.35. The predicted octanol–water partition coefficient (Wildman–Crippen LogP) is 2.06. The lowest BCUT2D eigenvalue weighted by molar-refractivity contribution is -0.142. The number of β-amino-alcohol motifs (C(OH)–C–C–N with tert-alkyl or cyclic N) is 1. The summed E-state index contributed by atoms with van der Waals surface area (Å²) in [6.45, 7) is 1.15. The Labute approximate surface area is 167 Å². The zero-order chi connectivity index (χ0) is 20.1. The van der Waals surface area contributed by atoms with Crippen molar-refractivity contribution >= 4 is 28.9 Å². The molecular weight excluding hydrogens is 372 g/mol. The molecule has 148 valence electrons. The third-order valence-electron chi connectivity index (χ3n) is 5.74. The van der Waals surface area contributed by atoms with Gasteiger partial charge in [0.25, 0.3) is 5.91 Å². The van der Waals surface area contributed by atoms with E-state index in [0.29, 0.717) is 31.0 Å². The number of hydrogen-bond acceptors (Lipinski definition) is 5. The largest absolute Gasteiger partial charge is 0.487 e. The minimum atomic E-state index is -0.913. The van der Waals surface area contributed by atoms with Crippen molar-refractivity contribution in [1.29, 1.82) is 0 Å². The van der Waals surface area contributed by atoms with Crippen LogP contribution in [-0.4, -0.2) is 45.7 Å². The lowest BCUT2D eigenvalue weighted by atomic mass is 9.99. The SMILES string of the molecule is O=C1Nc2ccccc2C1=C1OCc2cc(CN3CC(O)CC3C(=O)O)ccc21. The zero-order valence-corrected chi connectivity index (χ0v) is 15.6. The van der Waals surface area contributed by atoms with E-state index in [0.717, 1.165) is 27.9 Å². The van der Waals surface area contributed by atoms with E-state index in [1.165, 1.54) is 0 Å². The molecule has 7 heteroatoms. The van der Waals surface area contributed by atoms with E-state index in [9.17, 15) is 19.8 Å². The van der Waals surface area contributed by atoms with Crippen molar-refractivity contribution in [3.8, 4) is 0 Å². The number of rotatable bonds is 3. The summed E-state index contributed by atoms with van der Waals surface area (Å²) >= 11 is 0. The molecule has 3 aliphatic rings. The molecule has 2 atom stereocenters. The summed E-state index contributed by atoms with van der Waals surface area (Å²) in [4.78, 5) is 25.7. The van der Waals surface area contributed by atoms with E-state index in [1.54, 1.807) is 4.90 Å².